The normalized spacial score (nSPS) is 19.2. The summed E-state index contributed by atoms with van der Waals surface area (Å²) in [4.78, 5) is 16.2. The van der Waals surface area contributed by atoms with E-state index < -0.39 is 11.7 Å². The summed E-state index contributed by atoms with van der Waals surface area (Å²) in [6.45, 7) is 3.46. The molecule has 2 heterocycles. The van der Waals surface area contributed by atoms with Gasteiger partial charge >= 0.3 is 12.2 Å². The number of halogens is 3. The zero-order valence-electron chi connectivity index (χ0n) is 14.6. The maximum Gasteiger partial charge on any atom is 0.416 e. The third-order valence-corrected chi connectivity index (χ3v) is 4.81. The van der Waals surface area contributed by atoms with Crippen molar-refractivity contribution >= 4 is 17.4 Å². The Kier molecular flexibility index (Phi) is 5.90. The fraction of sp³-hybridized carbons (Fsp3) is 0.611. The summed E-state index contributed by atoms with van der Waals surface area (Å²) in [5.74, 6) is 0. The van der Waals surface area contributed by atoms with E-state index in [2.05, 4.69) is 5.32 Å². The molecule has 0 radical (unpaired) electrons. The van der Waals surface area contributed by atoms with Crippen LogP contribution in [0.3, 0.4) is 0 Å². The number of carbonyl (C=O) groups is 1. The van der Waals surface area contributed by atoms with E-state index in [1.54, 1.807) is 4.90 Å². The van der Waals surface area contributed by atoms with E-state index >= 15 is 0 Å². The van der Waals surface area contributed by atoms with Crippen LogP contribution in [0, 0.1) is 0 Å². The smallest absolute Gasteiger partial charge is 0.378 e. The van der Waals surface area contributed by atoms with E-state index in [1.165, 1.54) is 6.07 Å². The molecule has 144 valence electrons. The van der Waals surface area contributed by atoms with Gasteiger partial charge in [0.05, 0.1) is 30.2 Å². The van der Waals surface area contributed by atoms with Crippen LogP contribution in [-0.2, 0) is 10.9 Å². The van der Waals surface area contributed by atoms with Gasteiger partial charge in [0.1, 0.15) is 0 Å². The average molecular weight is 371 g/mol. The minimum Gasteiger partial charge on any atom is -0.378 e. The largest absolute Gasteiger partial charge is 0.416 e. The van der Waals surface area contributed by atoms with Gasteiger partial charge in [-0.05, 0) is 31.0 Å². The molecule has 8 heteroatoms. The first-order chi connectivity index (χ1) is 12.4. The number of hydrogen-bond donors (Lipinski definition) is 1. The van der Waals surface area contributed by atoms with Crippen molar-refractivity contribution in [2.24, 2.45) is 0 Å². The molecule has 0 aromatic heterocycles. The highest BCUT2D eigenvalue weighted by molar-refractivity contribution is 5.93. The Labute approximate surface area is 151 Å². The number of likely N-dealkylation sites (tertiary alicyclic amines) is 1. The van der Waals surface area contributed by atoms with Crippen LogP contribution < -0.4 is 10.2 Å². The number of benzene rings is 1. The summed E-state index contributed by atoms with van der Waals surface area (Å²) >= 11 is 0. The molecule has 0 unspecified atom stereocenters. The molecule has 0 spiro atoms. The number of anilines is 2. The highest BCUT2D eigenvalue weighted by Gasteiger charge is 2.32. The van der Waals surface area contributed by atoms with E-state index in [1.807, 2.05) is 4.90 Å². The Morgan fingerprint density at radius 1 is 1.00 bits per heavy atom. The number of urea groups is 1. The topological polar surface area (TPSA) is 44.8 Å². The Hall–Kier alpha value is -1.96. The van der Waals surface area contributed by atoms with Crippen LogP contribution in [0.15, 0.2) is 18.2 Å². The Morgan fingerprint density at radius 2 is 1.65 bits per heavy atom. The molecule has 2 saturated heterocycles. The molecule has 0 aliphatic carbocycles. The summed E-state index contributed by atoms with van der Waals surface area (Å²) in [5, 5.41) is 2.72. The zero-order valence-corrected chi connectivity index (χ0v) is 14.6. The molecule has 2 aliphatic rings. The van der Waals surface area contributed by atoms with Gasteiger partial charge < -0.3 is 19.9 Å². The maximum absolute atomic E-state index is 13.1. The van der Waals surface area contributed by atoms with Gasteiger partial charge in [0.2, 0.25) is 0 Å². The van der Waals surface area contributed by atoms with Crippen LogP contribution in [0.5, 0.6) is 0 Å². The van der Waals surface area contributed by atoms with E-state index in [-0.39, 0.29) is 11.7 Å². The van der Waals surface area contributed by atoms with Gasteiger partial charge in [-0.25, -0.2) is 4.79 Å². The van der Waals surface area contributed by atoms with Crippen molar-refractivity contribution in [1.29, 1.82) is 0 Å². The summed E-state index contributed by atoms with van der Waals surface area (Å²) in [7, 11) is 0. The predicted octanol–water partition coefficient (Wildman–Crippen LogP) is 3.95. The third-order valence-electron chi connectivity index (χ3n) is 4.81. The van der Waals surface area contributed by atoms with Gasteiger partial charge in [-0.3, -0.25) is 0 Å². The first kappa shape index (κ1) is 18.8. The number of nitrogens with zero attached hydrogens (tertiary/aromatic N) is 2. The summed E-state index contributed by atoms with van der Waals surface area (Å²) in [5.41, 5.74) is 0.0427. The molecule has 2 fully saturated rings. The second kappa shape index (κ2) is 8.16. The number of ether oxygens (including phenoxy) is 1. The zero-order chi connectivity index (χ0) is 18.6. The lowest BCUT2D eigenvalue weighted by Gasteiger charge is -2.31. The van der Waals surface area contributed by atoms with Gasteiger partial charge in [0.25, 0.3) is 0 Å². The molecule has 3 rings (SSSR count). The van der Waals surface area contributed by atoms with E-state index in [4.69, 9.17) is 4.74 Å². The van der Waals surface area contributed by atoms with Crippen molar-refractivity contribution in [2.45, 2.75) is 31.9 Å². The molecule has 1 aromatic rings. The van der Waals surface area contributed by atoms with Crippen molar-refractivity contribution < 1.29 is 22.7 Å². The molecule has 0 atom stereocenters. The standard InChI is InChI=1S/C18H24F3N3O2/c19-18(20,21)14-5-6-16(23-9-11-26-12-10-23)15(13-14)22-17(25)24-7-3-1-2-4-8-24/h5-6,13H,1-4,7-12H2,(H,22,25). The van der Waals surface area contributed by atoms with Crippen molar-refractivity contribution in [1.82, 2.24) is 4.90 Å². The summed E-state index contributed by atoms with van der Waals surface area (Å²) in [6, 6.07) is 3.19. The molecule has 26 heavy (non-hydrogen) atoms. The number of nitrogens with one attached hydrogen (secondary N) is 1. The molecular weight excluding hydrogens is 347 g/mol. The van der Waals surface area contributed by atoms with Crippen molar-refractivity contribution in [2.75, 3.05) is 49.6 Å². The predicted molar refractivity (Wildman–Crippen MR) is 93.5 cm³/mol. The molecule has 2 aliphatic heterocycles. The van der Waals surface area contributed by atoms with Gasteiger partial charge in [0.15, 0.2) is 0 Å². The first-order valence-electron chi connectivity index (χ1n) is 9.05. The molecular formula is C18H24F3N3O2. The Balaban J connectivity index is 1.84. The molecule has 0 bridgehead atoms. The van der Waals surface area contributed by atoms with Crippen LogP contribution in [0.25, 0.3) is 0 Å². The van der Waals surface area contributed by atoms with Gasteiger partial charge in [-0.15, -0.1) is 0 Å². The number of amides is 2. The molecule has 2 amide bonds. The van der Waals surface area contributed by atoms with Gasteiger partial charge in [-0.2, -0.15) is 13.2 Å². The molecule has 1 N–H and O–H groups in total. The quantitative estimate of drug-likeness (QED) is 0.856. The van der Waals surface area contributed by atoms with E-state index in [0.29, 0.717) is 45.1 Å². The van der Waals surface area contributed by atoms with Crippen LogP contribution in [-0.4, -0.2) is 50.3 Å². The molecule has 5 nitrogen and oxygen atoms in total. The average Bonchev–Trinajstić information content (AvgIpc) is 2.91. The SMILES string of the molecule is O=C(Nc1cc(C(F)(F)F)ccc1N1CCOCC1)N1CCCCCC1. The van der Waals surface area contributed by atoms with E-state index in [0.717, 1.165) is 37.8 Å². The number of morpholine rings is 1. The highest BCUT2D eigenvalue weighted by atomic mass is 19.4. The second-order valence-electron chi connectivity index (χ2n) is 6.66. The van der Waals surface area contributed by atoms with Crippen molar-refractivity contribution in [3.63, 3.8) is 0 Å². The number of carbonyl (C=O) groups excluding carboxylic acids is 1. The highest BCUT2D eigenvalue weighted by Crippen LogP contribution is 2.36. The molecule has 0 saturated carbocycles. The summed E-state index contributed by atoms with van der Waals surface area (Å²) in [6.07, 6.45) is -0.455. The number of alkyl halides is 3. The minimum atomic E-state index is -4.45. The monoisotopic (exact) mass is 371 g/mol. The number of hydrogen-bond acceptors (Lipinski definition) is 3. The van der Waals surface area contributed by atoms with Crippen molar-refractivity contribution in [3.05, 3.63) is 23.8 Å². The lowest BCUT2D eigenvalue weighted by Crippen LogP contribution is -2.38. The fourth-order valence-corrected chi connectivity index (χ4v) is 3.36. The second-order valence-corrected chi connectivity index (χ2v) is 6.66. The van der Waals surface area contributed by atoms with Crippen LogP contribution in [0.4, 0.5) is 29.3 Å². The maximum atomic E-state index is 13.1. The van der Waals surface area contributed by atoms with Gasteiger partial charge in [-0.1, -0.05) is 12.8 Å². The van der Waals surface area contributed by atoms with Crippen LogP contribution in [0.2, 0.25) is 0 Å². The lowest BCUT2D eigenvalue weighted by molar-refractivity contribution is -0.137. The van der Waals surface area contributed by atoms with Crippen LogP contribution in [0.1, 0.15) is 31.2 Å². The molecule has 1 aromatic carbocycles. The summed E-state index contributed by atoms with van der Waals surface area (Å²) < 4.78 is 44.7. The van der Waals surface area contributed by atoms with Crippen LogP contribution >= 0.6 is 0 Å². The third kappa shape index (κ3) is 4.60. The lowest BCUT2D eigenvalue weighted by atomic mass is 10.1. The number of rotatable bonds is 2. The fourth-order valence-electron chi connectivity index (χ4n) is 3.36. The first-order valence-corrected chi connectivity index (χ1v) is 9.05. The van der Waals surface area contributed by atoms with Gasteiger partial charge in [0, 0.05) is 26.2 Å². The Morgan fingerprint density at radius 3 is 2.27 bits per heavy atom. The van der Waals surface area contributed by atoms with E-state index in [9.17, 15) is 18.0 Å². The van der Waals surface area contributed by atoms with Crippen molar-refractivity contribution in [3.8, 4) is 0 Å². The minimum absolute atomic E-state index is 0.205. The Bertz CT molecular complexity index is 623.